The molecule has 6 heteroatoms. The van der Waals surface area contributed by atoms with E-state index >= 15 is 0 Å². The van der Waals surface area contributed by atoms with E-state index in [-0.39, 0.29) is 5.91 Å². The maximum atomic E-state index is 10.6. The molecule has 0 fully saturated rings. The molecular formula is C15H27N3O3. The zero-order valence-corrected chi connectivity index (χ0v) is 13.1. The van der Waals surface area contributed by atoms with Gasteiger partial charge in [0.1, 0.15) is 0 Å². The third kappa shape index (κ3) is 9.20. The summed E-state index contributed by atoms with van der Waals surface area (Å²) in [6.45, 7) is 7.32. The monoisotopic (exact) mass is 297 g/mol. The number of imidazole rings is 1. The molecule has 0 saturated carbocycles. The smallest absolute Gasteiger partial charge is 0.216 e. The maximum absolute atomic E-state index is 10.6. The van der Waals surface area contributed by atoms with Gasteiger partial charge in [-0.3, -0.25) is 4.79 Å². The van der Waals surface area contributed by atoms with Crippen molar-refractivity contribution in [1.82, 2.24) is 14.9 Å². The molecule has 1 rings (SSSR count). The van der Waals surface area contributed by atoms with Crippen LogP contribution in [0.25, 0.3) is 0 Å². The summed E-state index contributed by atoms with van der Waals surface area (Å²) < 4.78 is 12.9. The van der Waals surface area contributed by atoms with Gasteiger partial charge in [0.2, 0.25) is 5.91 Å². The van der Waals surface area contributed by atoms with Crippen molar-refractivity contribution in [2.75, 3.05) is 26.4 Å². The fraction of sp³-hybridized carbons (Fsp3) is 0.733. The predicted molar refractivity (Wildman–Crippen MR) is 80.9 cm³/mol. The van der Waals surface area contributed by atoms with Gasteiger partial charge in [-0.2, -0.15) is 0 Å². The Hall–Kier alpha value is -1.40. The minimum atomic E-state index is -0.0376. The number of aromatic nitrogens is 2. The van der Waals surface area contributed by atoms with E-state index in [0.29, 0.717) is 33.0 Å². The third-order valence-electron chi connectivity index (χ3n) is 2.95. The molecule has 120 valence electrons. The zero-order chi connectivity index (χ0) is 15.3. The second kappa shape index (κ2) is 11.3. The van der Waals surface area contributed by atoms with Crippen molar-refractivity contribution in [3.8, 4) is 0 Å². The number of aryl methyl sites for hydroxylation is 1. The van der Waals surface area contributed by atoms with E-state index in [0.717, 1.165) is 12.2 Å². The molecule has 0 bridgehead atoms. The molecule has 0 spiro atoms. The highest BCUT2D eigenvalue weighted by Gasteiger charge is 1.99. The second-order valence-corrected chi connectivity index (χ2v) is 4.96. The van der Waals surface area contributed by atoms with Crippen molar-refractivity contribution < 1.29 is 14.3 Å². The Balaban J connectivity index is 1.98. The lowest BCUT2D eigenvalue weighted by molar-refractivity contribution is -0.119. The maximum Gasteiger partial charge on any atom is 0.216 e. The van der Waals surface area contributed by atoms with Gasteiger partial charge in [-0.25, -0.2) is 4.98 Å². The molecule has 1 aromatic rings. The molecule has 21 heavy (non-hydrogen) atoms. The Labute approximate surface area is 126 Å². The van der Waals surface area contributed by atoms with E-state index in [2.05, 4.69) is 21.8 Å². The second-order valence-electron chi connectivity index (χ2n) is 4.96. The molecular weight excluding hydrogens is 270 g/mol. The molecule has 0 aromatic carbocycles. The number of unbranched alkanes of at least 4 members (excludes halogenated alkanes) is 2. The highest BCUT2D eigenvalue weighted by molar-refractivity contribution is 5.72. The van der Waals surface area contributed by atoms with Crippen LogP contribution in [-0.4, -0.2) is 41.8 Å². The molecule has 0 saturated heterocycles. The number of carbonyl (C=O) groups is 1. The standard InChI is InChI=1S/C15H27N3O3/c1-3-4-5-7-18-11-15(17-13-18)12-21-10-9-20-8-6-16-14(2)19/h11,13H,3-10,12H2,1-2H3,(H,16,19). The molecule has 1 N–H and O–H groups in total. The van der Waals surface area contributed by atoms with E-state index in [1.807, 2.05) is 12.5 Å². The average Bonchev–Trinajstić information content (AvgIpc) is 2.89. The Morgan fingerprint density at radius 2 is 2.10 bits per heavy atom. The molecule has 1 aromatic heterocycles. The van der Waals surface area contributed by atoms with Crippen LogP contribution in [-0.2, 0) is 27.4 Å². The first-order valence-electron chi connectivity index (χ1n) is 7.63. The van der Waals surface area contributed by atoms with Crippen molar-refractivity contribution in [1.29, 1.82) is 0 Å². The van der Waals surface area contributed by atoms with Gasteiger partial charge in [0, 0.05) is 26.2 Å². The highest BCUT2D eigenvalue weighted by atomic mass is 16.5. The first kappa shape index (κ1) is 17.7. The van der Waals surface area contributed by atoms with Crippen molar-refractivity contribution in [3.05, 3.63) is 18.2 Å². The van der Waals surface area contributed by atoms with Crippen molar-refractivity contribution in [2.45, 2.75) is 46.3 Å². The highest BCUT2D eigenvalue weighted by Crippen LogP contribution is 2.02. The number of nitrogens with one attached hydrogen (secondary N) is 1. The Kier molecular flexibility index (Phi) is 9.48. The van der Waals surface area contributed by atoms with Crippen LogP contribution in [0.4, 0.5) is 0 Å². The van der Waals surface area contributed by atoms with Crippen LogP contribution in [0.15, 0.2) is 12.5 Å². The van der Waals surface area contributed by atoms with Crippen molar-refractivity contribution in [2.24, 2.45) is 0 Å². The minimum Gasteiger partial charge on any atom is -0.377 e. The van der Waals surface area contributed by atoms with Crippen LogP contribution in [0.1, 0.15) is 38.8 Å². The summed E-state index contributed by atoms with van der Waals surface area (Å²) >= 11 is 0. The van der Waals surface area contributed by atoms with E-state index < -0.39 is 0 Å². The lowest BCUT2D eigenvalue weighted by atomic mass is 10.2. The molecule has 1 heterocycles. The first-order chi connectivity index (χ1) is 10.2. The summed E-state index contributed by atoms with van der Waals surface area (Å²) in [5, 5.41) is 2.67. The van der Waals surface area contributed by atoms with Crippen molar-refractivity contribution in [3.63, 3.8) is 0 Å². The normalized spacial score (nSPS) is 10.8. The van der Waals surface area contributed by atoms with E-state index in [1.165, 1.54) is 26.2 Å². The molecule has 6 nitrogen and oxygen atoms in total. The summed E-state index contributed by atoms with van der Waals surface area (Å²) in [5.41, 5.74) is 0.949. The van der Waals surface area contributed by atoms with E-state index in [1.54, 1.807) is 0 Å². The van der Waals surface area contributed by atoms with E-state index in [4.69, 9.17) is 9.47 Å². The van der Waals surface area contributed by atoms with E-state index in [9.17, 15) is 4.79 Å². The molecule has 0 aliphatic carbocycles. The molecule has 0 radical (unpaired) electrons. The van der Waals surface area contributed by atoms with Crippen LogP contribution in [0.2, 0.25) is 0 Å². The molecule has 1 amide bonds. The predicted octanol–water partition coefficient (Wildman–Crippen LogP) is 1.74. The van der Waals surface area contributed by atoms with Gasteiger partial charge in [-0.1, -0.05) is 19.8 Å². The molecule has 0 aliphatic rings. The third-order valence-corrected chi connectivity index (χ3v) is 2.95. The topological polar surface area (TPSA) is 65.4 Å². The fourth-order valence-electron chi connectivity index (χ4n) is 1.84. The Morgan fingerprint density at radius 3 is 2.86 bits per heavy atom. The summed E-state index contributed by atoms with van der Waals surface area (Å²) in [6.07, 6.45) is 7.56. The van der Waals surface area contributed by atoms with Gasteiger partial charge in [0.25, 0.3) is 0 Å². The summed E-state index contributed by atoms with van der Waals surface area (Å²) in [7, 11) is 0. The van der Waals surface area contributed by atoms with Gasteiger partial charge < -0.3 is 19.4 Å². The number of ether oxygens (including phenoxy) is 2. The molecule has 0 aliphatic heterocycles. The Morgan fingerprint density at radius 1 is 1.29 bits per heavy atom. The van der Waals surface area contributed by atoms with Crippen molar-refractivity contribution >= 4 is 5.91 Å². The number of carbonyl (C=O) groups excluding carboxylic acids is 1. The summed E-state index contributed by atoms with van der Waals surface area (Å²) in [5.74, 6) is -0.0376. The van der Waals surface area contributed by atoms with Gasteiger partial charge in [0.05, 0.1) is 38.4 Å². The van der Waals surface area contributed by atoms with Crippen LogP contribution in [0, 0.1) is 0 Å². The first-order valence-corrected chi connectivity index (χ1v) is 7.63. The number of nitrogens with zero attached hydrogens (tertiary/aromatic N) is 2. The molecule has 0 unspecified atom stereocenters. The van der Waals surface area contributed by atoms with Crippen LogP contribution in [0.3, 0.4) is 0 Å². The quantitative estimate of drug-likeness (QED) is 0.597. The lowest BCUT2D eigenvalue weighted by Gasteiger charge is -2.05. The minimum absolute atomic E-state index is 0.0376. The van der Waals surface area contributed by atoms with Gasteiger partial charge in [-0.15, -0.1) is 0 Å². The van der Waals surface area contributed by atoms with Gasteiger partial charge in [0.15, 0.2) is 0 Å². The summed E-state index contributed by atoms with van der Waals surface area (Å²) in [4.78, 5) is 14.9. The van der Waals surface area contributed by atoms with Gasteiger partial charge >= 0.3 is 0 Å². The average molecular weight is 297 g/mol. The lowest BCUT2D eigenvalue weighted by Crippen LogP contribution is -2.24. The number of amides is 1. The number of hydrogen-bond donors (Lipinski definition) is 1. The SMILES string of the molecule is CCCCCn1cnc(COCCOCCNC(C)=O)c1. The van der Waals surface area contributed by atoms with Crippen LogP contribution >= 0.6 is 0 Å². The summed E-state index contributed by atoms with van der Waals surface area (Å²) in [6, 6.07) is 0. The number of hydrogen-bond acceptors (Lipinski definition) is 4. The fourth-order valence-corrected chi connectivity index (χ4v) is 1.84. The van der Waals surface area contributed by atoms with Gasteiger partial charge in [-0.05, 0) is 6.42 Å². The number of rotatable bonds is 12. The Bertz CT molecular complexity index is 393. The zero-order valence-electron chi connectivity index (χ0n) is 13.1. The molecule has 0 atom stereocenters. The van der Waals surface area contributed by atoms with Crippen LogP contribution < -0.4 is 5.32 Å². The van der Waals surface area contributed by atoms with Crippen LogP contribution in [0.5, 0.6) is 0 Å². The largest absolute Gasteiger partial charge is 0.377 e.